The second kappa shape index (κ2) is 8.06. The maximum Gasteiger partial charge on any atom is 0.138 e. The molecule has 0 aliphatic rings. The number of nitriles is 1. The minimum absolute atomic E-state index is 0.0436. The van der Waals surface area contributed by atoms with Crippen molar-refractivity contribution in [2.45, 2.75) is 52.4 Å². The molecule has 4 heteroatoms. The Labute approximate surface area is 206 Å². The van der Waals surface area contributed by atoms with Gasteiger partial charge in [-0.25, -0.2) is 4.98 Å². The lowest BCUT2D eigenvalue weighted by molar-refractivity contribution is 0.570. The highest BCUT2D eigenvalue weighted by atomic mass is 15.1. The number of benzene rings is 2. The van der Waals surface area contributed by atoms with Gasteiger partial charge < -0.3 is 0 Å². The Bertz CT molecular complexity index is 1530. The van der Waals surface area contributed by atoms with Gasteiger partial charge in [-0.3, -0.25) is 9.55 Å². The number of rotatable bonds is 2. The summed E-state index contributed by atoms with van der Waals surface area (Å²) in [6, 6.07) is 24.8. The maximum atomic E-state index is 9.13. The molecule has 0 unspecified atom stereocenters. The van der Waals surface area contributed by atoms with Gasteiger partial charge in [0.05, 0.1) is 34.6 Å². The molecule has 0 saturated heterocycles. The number of pyridine rings is 2. The van der Waals surface area contributed by atoms with E-state index < -0.39 is 0 Å². The molecule has 0 atom stereocenters. The van der Waals surface area contributed by atoms with Crippen molar-refractivity contribution in [2.75, 3.05) is 0 Å². The lowest BCUT2D eigenvalue weighted by atomic mass is 9.86. The van der Waals surface area contributed by atoms with Crippen LogP contribution in [0.2, 0.25) is 0 Å². The van der Waals surface area contributed by atoms with E-state index in [-0.39, 0.29) is 10.8 Å². The lowest BCUT2D eigenvalue weighted by Crippen LogP contribution is -2.13. The van der Waals surface area contributed by atoms with Gasteiger partial charge in [-0.15, -0.1) is 0 Å². The first-order chi connectivity index (χ1) is 16.6. The van der Waals surface area contributed by atoms with Gasteiger partial charge in [-0.1, -0.05) is 65.8 Å². The zero-order chi connectivity index (χ0) is 25.0. The SMILES string of the molecule is CC(C)(C)c1ccc2c(c1)c1cc(C(C)(C)C)ncc1n2-c1cccc(-c2ccc(C#N)cc2)n1. The summed E-state index contributed by atoms with van der Waals surface area (Å²) < 4.78 is 2.21. The van der Waals surface area contributed by atoms with Crippen LogP contribution >= 0.6 is 0 Å². The van der Waals surface area contributed by atoms with Crippen molar-refractivity contribution in [1.29, 1.82) is 5.26 Å². The van der Waals surface area contributed by atoms with Crippen LogP contribution in [0.5, 0.6) is 0 Å². The fraction of sp³-hybridized carbons (Fsp3) is 0.258. The third-order valence-corrected chi connectivity index (χ3v) is 6.56. The quantitative estimate of drug-likeness (QED) is 0.272. The third-order valence-electron chi connectivity index (χ3n) is 6.56. The zero-order valence-corrected chi connectivity index (χ0v) is 21.2. The van der Waals surface area contributed by atoms with E-state index >= 15 is 0 Å². The smallest absolute Gasteiger partial charge is 0.138 e. The van der Waals surface area contributed by atoms with Gasteiger partial charge >= 0.3 is 0 Å². The van der Waals surface area contributed by atoms with E-state index in [9.17, 15) is 0 Å². The normalized spacial score (nSPS) is 12.3. The van der Waals surface area contributed by atoms with Crippen molar-refractivity contribution >= 4 is 21.8 Å². The molecule has 0 aliphatic carbocycles. The van der Waals surface area contributed by atoms with Gasteiger partial charge in [-0.05, 0) is 53.4 Å². The highest BCUT2D eigenvalue weighted by Crippen LogP contribution is 2.36. The molecule has 0 amide bonds. The van der Waals surface area contributed by atoms with Crippen LogP contribution < -0.4 is 0 Å². The molecule has 3 heterocycles. The fourth-order valence-electron chi connectivity index (χ4n) is 4.47. The minimum atomic E-state index is -0.0436. The Morgan fingerprint density at radius 2 is 1.49 bits per heavy atom. The van der Waals surface area contributed by atoms with E-state index in [2.05, 4.69) is 76.4 Å². The molecule has 0 bridgehead atoms. The average molecular weight is 459 g/mol. The molecule has 5 rings (SSSR count). The summed E-state index contributed by atoms with van der Waals surface area (Å²) in [4.78, 5) is 9.89. The van der Waals surface area contributed by atoms with Crippen LogP contribution in [0, 0.1) is 11.3 Å². The number of hydrogen-bond donors (Lipinski definition) is 0. The Hall–Kier alpha value is -3.97. The molecule has 0 aliphatic heterocycles. The predicted octanol–water partition coefficient (Wildman–Crippen LogP) is 7.71. The van der Waals surface area contributed by atoms with E-state index in [4.69, 9.17) is 15.2 Å². The highest BCUT2D eigenvalue weighted by Gasteiger charge is 2.22. The Morgan fingerprint density at radius 1 is 0.771 bits per heavy atom. The first kappa shape index (κ1) is 22.8. The molecule has 0 radical (unpaired) electrons. The van der Waals surface area contributed by atoms with Gasteiger partial charge in [0, 0.05) is 27.4 Å². The van der Waals surface area contributed by atoms with E-state index in [1.165, 1.54) is 16.3 Å². The van der Waals surface area contributed by atoms with Crippen molar-refractivity contribution in [2.24, 2.45) is 0 Å². The summed E-state index contributed by atoms with van der Waals surface area (Å²) in [6.45, 7) is 13.3. The summed E-state index contributed by atoms with van der Waals surface area (Å²) >= 11 is 0. The van der Waals surface area contributed by atoms with Gasteiger partial charge in [0.15, 0.2) is 0 Å². The zero-order valence-electron chi connectivity index (χ0n) is 21.2. The molecule has 174 valence electrons. The molecule has 0 fully saturated rings. The predicted molar refractivity (Wildman–Crippen MR) is 144 cm³/mol. The molecular formula is C31H30N4. The highest BCUT2D eigenvalue weighted by molar-refractivity contribution is 6.09. The van der Waals surface area contributed by atoms with Crippen LogP contribution in [0.1, 0.15) is 58.4 Å². The minimum Gasteiger partial charge on any atom is -0.292 e. The van der Waals surface area contributed by atoms with Gasteiger partial charge in [-0.2, -0.15) is 5.26 Å². The summed E-state index contributed by atoms with van der Waals surface area (Å²) in [7, 11) is 0. The number of hydrogen-bond acceptors (Lipinski definition) is 3. The molecule has 0 N–H and O–H groups in total. The van der Waals surface area contributed by atoms with Crippen LogP contribution in [0.25, 0.3) is 38.9 Å². The van der Waals surface area contributed by atoms with Crippen LogP contribution in [-0.4, -0.2) is 14.5 Å². The largest absolute Gasteiger partial charge is 0.292 e. The number of nitrogens with zero attached hydrogens (tertiary/aromatic N) is 4. The molecule has 5 aromatic rings. The monoisotopic (exact) mass is 458 g/mol. The number of fused-ring (bicyclic) bond motifs is 3. The van der Waals surface area contributed by atoms with Gasteiger partial charge in [0.2, 0.25) is 0 Å². The second-order valence-electron chi connectivity index (χ2n) is 11.2. The molecule has 3 aromatic heterocycles. The average Bonchev–Trinajstić information content (AvgIpc) is 3.16. The van der Waals surface area contributed by atoms with Crippen molar-refractivity contribution < 1.29 is 0 Å². The third kappa shape index (κ3) is 4.08. The first-order valence-corrected chi connectivity index (χ1v) is 12.0. The van der Waals surface area contributed by atoms with Crippen LogP contribution in [0.4, 0.5) is 0 Å². The van der Waals surface area contributed by atoms with E-state index in [0.29, 0.717) is 5.56 Å². The van der Waals surface area contributed by atoms with Crippen LogP contribution in [-0.2, 0) is 10.8 Å². The lowest BCUT2D eigenvalue weighted by Gasteiger charge is -2.19. The van der Waals surface area contributed by atoms with Crippen molar-refractivity contribution in [3.63, 3.8) is 0 Å². The van der Waals surface area contributed by atoms with E-state index in [0.717, 1.165) is 33.8 Å². The van der Waals surface area contributed by atoms with Crippen molar-refractivity contribution in [1.82, 2.24) is 14.5 Å². The van der Waals surface area contributed by atoms with Crippen molar-refractivity contribution in [3.8, 4) is 23.1 Å². The molecule has 0 saturated carbocycles. The number of aromatic nitrogens is 3. The summed E-state index contributed by atoms with van der Waals surface area (Å²) in [6.07, 6.45) is 1.99. The molecule has 35 heavy (non-hydrogen) atoms. The Kier molecular flexibility index (Phi) is 5.25. The molecular weight excluding hydrogens is 428 g/mol. The van der Waals surface area contributed by atoms with Crippen LogP contribution in [0.15, 0.2) is 72.9 Å². The first-order valence-electron chi connectivity index (χ1n) is 12.0. The summed E-state index contributed by atoms with van der Waals surface area (Å²) in [5.41, 5.74) is 7.04. The van der Waals surface area contributed by atoms with Crippen molar-refractivity contribution in [3.05, 3.63) is 89.7 Å². The Balaban J connectivity index is 1.78. The Morgan fingerprint density at radius 3 is 2.14 bits per heavy atom. The summed E-state index contributed by atoms with van der Waals surface area (Å²) in [5.74, 6) is 0.848. The molecule has 0 spiro atoms. The topological polar surface area (TPSA) is 54.5 Å². The maximum absolute atomic E-state index is 9.13. The fourth-order valence-corrected chi connectivity index (χ4v) is 4.47. The van der Waals surface area contributed by atoms with Gasteiger partial charge in [0.25, 0.3) is 0 Å². The summed E-state index contributed by atoms with van der Waals surface area (Å²) in [5, 5.41) is 11.5. The van der Waals surface area contributed by atoms with E-state index in [1.807, 2.05) is 48.7 Å². The molecule has 4 nitrogen and oxygen atoms in total. The van der Waals surface area contributed by atoms with Gasteiger partial charge in [0.1, 0.15) is 5.82 Å². The standard InChI is InChI=1S/C31H30N4/c1-30(2,3)22-14-15-26-23(16-22)24-17-28(31(4,5)6)33-19-27(24)35(26)29-9-7-8-25(34-29)21-12-10-20(18-32)11-13-21/h7-17,19H,1-6H3. The second-order valence-corrected chi connectivity index (χ2v) is 11.2. The molecule has 2 aromatic carbocycles. The van der Waals surface area contributed by atoms with Crippen LogP contribution in [0.3, 0.4) is 0 Å². The van der Waals surface area contributed by atoms with E-state index in [1.54, 1.807) is 0 Å².